The van der Waals surface area contributed by atoms with Crippen LogP contribution in [0.1, 0.15) is 24.0 Å². The van der Waals surface area contributed by atoms with Gasteiger partial charge in [0.2, 0.25) is 0 Å². The Bertz CT molecular complexity index is 601. The molecule has 25 heavy (non-hydrogen) atoms. The van der Waals surface area contributed by atoms with Gasteiger partial charge in [-0.3, -0.25) is 4.79 Å². The zero-order valence-corrected chi connectivity index (χ0v) is 15.5. The summed E-state index contributed by atoms with van der Waals surface area (Å²) in [7, 11) is 0. The lowest BCUT2D eigenvalue weighted by Gasteiger charge is -2.31. The van der Waals surface area contributed by atoms with Crippen LogP contribution < -0.4 is 10.1 Å². The smallest absolute Gasteiger partial charge is 0.409 e. The van der Waals surface area contributed by atoms with Crippen molar-refractivity contribution >= 4 is 23.6 Å². The third-order valence-electron chi connectivity index (χ3n) is 4.11. The molecule has 0 saturated carbocycles. The number of nitrogens with one attached hydrogen (secondary N) is 1. The van der Waals surface area contributed by atoms with Crippen molar-refractivity contribution in [2.45, 2.75) is 32.7 Å². The normalized spacial score (nSPS) is 14.9. The molecule has 1 fully saturated rings. The van der Waals surface area contributed by atoms with Crippen LogP contribution in [0.3, 0.4) is 0 Å². The Morgan fingerprint density at radius 3 is 2.64 bits per heavy atom. The van der Waals surface area contributed by atoms with Gasteiger partial charge in [0.15, 0.2) is 6.61 Å². The van der Waals surface area contributed by atoms with Gasteiger partial charge in [0.25, 0.3) is 5.91 Å². The molecule has 0 aliphatic carbocycles. The molecule has 7 heteroatoms. The molecule has 138 valence electrons. The molecule has 6 nitrogen and oxygen atoms in total. The molecule has 0 aromatic heterocycles. The SMILES string of the molecule is Cc1ccc(OCC(=O)NC2CCN(C(=O)OCCCl)CC2)c(C)c1. The van der Waals surface area contributed by atoms with Crippen molar-refractivity contribution in [3.05, 3.63) is 29.3 Å². The van der Waals surface area contributed by atoms with Crippen LogP contribution in [-0.2, 0) is 9.53 Å². The Balaban J connectivity index is 1.70. The van der Waals surface area contributed by atoms with Crippen LogP contribution in [0, 0.1) is 13.8 Å². The number of hydrogen-bond acceptors (Lipinski definition) is 4. The molecule has 2 amide bonds. The number of likely N-dealkylation sites (tertiary alicyclic amines) is 1. The first kappa shape index (κ1) is 19.4. The van der Waals surface area contributed by atoms with Crippen molar-refractivity contribution in [3.63, 3.8) is 0 Å². The highest BCUT2D eigenvalue weighted by Gasteiger charge is 2.24. The molecule has 1 aromatic carbocycles. The minimum Gasteiger partial charge on any atom is -0.484 e. The molecule has 0 unspecified atom stereocenters. The summed E-state index contributed by atoms with van der Waals surface area (Å²) in [6, 6.07) is 5.90. The fourth-order valence-electron chi connectivity index (χ4n) is 2.80. The van der Waals surface area contributed by atoms with Crippen LogP contribution in [0.25, 0.3) is 0 Å². The van der Waals surface area contributed by atoms with Crippen molar-refractivity contribution in [2.24, 2.45) is 0 Å². The van der Waals surface area contributed by atoms with E-state index in [1.54, 1.807) is 4.90 Å². The van der Waals surface area contributed by atoms with Crippen molar-refractivity contribution in [3.8, 4) is 5.75 Å². The lowest BCUT2D eigenvalue weighted by Crippen LogP contribution is -2.47. The number of halogens is 1. The number of alkyl halides is 1. The minimum absolute atomic E-state index is 0.0120. The summed E-state index contributed by atoms with van der Waals surface area (Å²) in [6.45, 7) is 5.29. The Kier molecular flexibility index (Phi) is 7.37. The van der Waals surface area contributed by atoms with Gasteiger partial charge in [-0.05, 0) is 38.3 Å². The molecule has 1 N–H and O–H groups in total. The summed E-state index contributed by atoms with van der Waals surface area (Å²) in [5.74, 6) is 0.861. The number of nitrogens with zero attached hydrogens (tertiary/aromatic N) is 1. The first-order chi connectivity index (χ1) is 12.0. The van der Waals surface area contributed by atoms with Crippen molar-refractivity contribution in [1.29, 1.82) is 0 Å². The van der Waals surface area contributed by atoms with Gasteiger partial charge in [0, 0.05) is 19.1 Å². The van der Waals surface area contributed by atoms with E-state index in [2.05, 4.69) is 5.32 Å². The van der Waals surface area contributed by atoms with Crippen molar-refractivity contribution < 1.29 is 19.1 Å². The molecule has 0 spiro atoms. The monoisotopic (exact) mass is 368 g/mol. The van der Waals surface area contributed by atoms with E-state index in [-0.39, 0.29) is 31.3 Å². The number of ether oxygens (including phenoxy) is 2. The van der Waals surface area contributed by atoms with E-state index in [1.165, 1.54) is 0 Å². The Morgan fingerprint density at radius 1 is 1.28 bits per heavy atom. The van der Waals surface area contributed by atoms with Crippen LogP contribution in [-0.4, -0.2) is 55.1 Å². The quantitative estimate of drug-likeness (QED) is 0.784. The maximum absolute atomic E-state index is 12.1. The van der Waals surface area contributed by atoms with Crippen LogP contribution >= 0.6 is 11.6 Å². The predicted molar refractivity (Wildman–Crippen MR) is 96.2 cm³/mol. The first-order valence-electron chi connectivity index (χ1n) is 8.46. The summed E-state index contributed by atoms with van der Waals surface area (Å²) < 4.78 is 10.6. The second-order valence-electron chi connectivity index (χ2n) is 6.19. The Hall–Kier alpha value is -1.95. The number of rotatable bonds is 6. The molecule has 0 radical (unpaired) electrons. The zero-order valence-electron chi connectivity index (χ0n) is 14.7. The molecule has 0 bridgehead atoms. The second-order valence-corrected chi connectivity index (χ2v) is 6.57. The third-order valence-corrected chi connectivity index (χ3v) is 4.26. The van der Waals surface area contributed by atoms with Crippen LogP contribution in [0.2, 0.25) is 0 Å². The van der Waals surface area contributed by atoms with Gasteiger partial charge in [-0.2, -0.15) is 0 Å². The van der Waals surface area contributed by atoms with E-state index < -0.39 is 0 Å². The molecular formula is C18H25ClN2O4. The minimum atomic E-state index is -0.344. The number of benzene rings is 1. The van der Waals surface area contributed by atoms with Crippen LogP contribution in [0.15, 0.2) is 18.2 Å². The summed E-state index contributed by atoms with van der Waals surface area (Å²) >= 11 is 5.50. The van der Waals surface area contributed by atoms with Gasteiger partial charge in [0.05, 0.1) is 5.88 Å². The highest BCUT2D eigenvalue weighted by molar-refractivity contribution is 6.18. The molecule has 1 aliphatic rings. The van der Waals surface area contributed by atoms with E-state index in [4.69, 9.17) is 21.1 Å². The van der Waals surface area contributed by atoms with Crippen molar-refractivity contribution in [2.75, 3.05) is 32.2 Å². The number of amides is 2. The largest absolute Gasteiger partial charge is 0.484 e. The van der Waals surface area contributed by atoms with Gasteiger partial charge < -0.3 is 19.7 Å². The summed E-state index contributed by atoms with van der Waals surface area (Å²) in [6.07, 6.45) is 1.06. The Labute approximate surface area is 153 Å². The predicted octanol–water partition coefficient (Wildman–Crippen LogP) is 2.64. The molecular weight excluding hydrogens is 344 g/mol. The maximum Gasteiger partial charge on any atom is 0.409 e. The van der Waals surface area contributed by atoms with Crippen LogP contribution in [0.5, 0.6) is 5.75 Å². The van der Waals surface area contributed by atoms with E-state index in [0.29, 0.717) is 31.8 Å². The lowest BCUT2D eigenvalue weighted by molar-refractivity contribution is -0.124. The summed E-state index contributed by atoms with van der Waals surface area (Å²) in [5.41, 5.74) is 2.17. The summed E-state index contributed by atoms with van der Waals surface area (Å²) in [5, 5.41) is 2.96. The fraction of sp³-hybridized carbons (Fsp3) is 0.556. The lowest BCUT2D eigenvalue weighted by atomic mass is 10.1. The number of carbonyl (C=O) groups excluding carboxylic acids is 2. The highest BCUT2D eigenvalue weighted by Crippen LogP contribution is 2.18. The standard InChI is InChI=1S/C18H25ClN2O4/c1-13-3-4-16(14(2)11-13)25-12-17(22)20-15-5-8-21(9-6-15)18(23)24-10-7-19/h3-4,11,15H,5-10,12H2,1-2H3,(H,20,22). The second kappa shape index (κ2) is 9.51. The molecule has 0 atom stereocenters. The van der Waals surface area contributed by atoms with Crippen LogP contribution in [0.4, 0.5) is 4.79 Å². The molecule has 1 heterocycles. The number of hydrogen-bond donors (Lipinski definition) is 1. The van der Waals surface area contributed by atoms with E-state index in [0.717, 1.165) is 16.9 Å². The fourth-order valence-corrected chi connectivity index (χ4v) is 2.87. The van der Waals surface area contributed by atoms with Crippen molar-refractivity contribution in [1.82, 2.24) is 10.2 Å². The average molecular weight is 369 g/mol. The average Bonchev–Trinajstić information content (AvgIpc) is 2.59. The van der Waals surface area contributed by atoms with Gasteiger partial charge >= 0.3 is 6.09 Å². The third kappa shape index (κ3) is 6.12. The van der Waals surface area contributed by atoms with Gasteiger partial charge in [-0.15, -0.1) is 11.6 Å². The van der Waals surface area contributed by atoms with E-state index in [1.807, 2.05) is 32.0 Å². The first-order valence-corrected chi connectivity index (χ1v) is 9.00. The van der Waals surface area contributed by atoms with E-state index >= 15 is 0 Å². The van der Waals surface area contributed by atoms with E-state index in [9.17, 15) is 9.59 Å². The van der Waals surface area contributed by atoms with Gasteiger partial charge in [0.1, 0.15) is 12.4 Å². The molecule has 1 aliphatic heterocycles. The zero-order chi connectivity index (χ0) is 18.2. The van der Waals surface area contributed by atoms with Gasteiger partial charge in [-0.25, -0.2) is 4.79 Å². The molecule has 1 aromatic rings. The highest BCUT2D eigenvalue weighted by atomic mass is 35.5. The maximum atomic E-state index is 12.1. The van der Waals surface area contributed by atoms with Gasteiger partial charge in [-0.1, -0.05) is 17.7 Å². The topological polar surface area (TPSA) is 67.9 Å². The summed E-state index contributed by atoms with van der Waals surface area (Å²) in [4.78, 5) is 25.4. The number of piperidine rings is 1. The Morgan fingerprint density at radius 2 is 2.00 bits per heavy atom. The number of aryl methyl sites for hydroxylation is 2. The molecule has 1 saturated heterocycles. The molecule has 2 rings (SSSR count). The number of carbonyl (C=O) groups is 2.